The van der Waals surface area contributed by atoms with Crippen molar-refractivity contribution in [2.75, 3.05) is 38.2 Å². The van der Waals surface area contributed by atoms with Crippen LogP contribution in [0.25, 0.3) is 0 Å². The van der Waals surface area contributed by atoms with E-state index in [2.05, 4.69) is 4.36 Å². The molecule has 0 unspecified atom stereocenters. The van der Waals surface area contributed by atoms with Crippen molar-refractivity contribution in [1.29, 1.82) is 0 Å². The summed E-state index contributed by atoms with van der Waals surface area (Å²) in [6, 6.07) is 6.56. The second kappa shape index (κ2) is 6.60. The fraction of sp³-hybridized carbons (Fsp3) is 0.632. The van der Waals surface area contributed by atoms with Crippen LogP contribution in [0, 0.1) is 11.7 Å². The number of hydrogen-bond acceptors (Lipinski definition) is 4. The van der Waals surface area contributed by atoms with Crippen LogP contribution in [-0.4, -0.2) is 58.9 Å². The van der Waals surface area contributed by atoms with Crippen molar-refractivity contribution in [2.45, 2.75) is 30.8 Å². The second-order valence-electron chi connectivity index (χ2n) is 7.66. The lowest BCUT2D eigenvalue weighted by molar-refractivity contribution is -0.153. The highest BCUT2D eigenvalue weighted by molar-refractivity contribution is 7.93. The van der Waals surface area contributed by atoms with E-state index in [4.69, 9.17) is 4.74 Å². The summed E-state index contributed by atoms with van der Waals surface area (Å²) >= 11 is 0. The van der Waals surface area contributed by atoms with Gasteiger partial charge in [-0.15, -0.1) is 0 Å². The van der Waals surface area contributed by atoms with Crippen LogP contribution in [0.5, 0.6) is 0 Å². The number of halogens is 1. The topological polar surface area (TPSA) is 59.0 Å². The number of rotatable bonds is 2. The van der Waals surface area contributed by atoms with Gasteiger partial charge in [0.1, 0.15) is 5.82 Å². The van der Waals surface area contributed by atoms with E-state index in [1.807, 2.05) is 11.0 Å². The molecule has 0 aromatic heterocycles. The molecule has 5 nitrogen and oxygen atoms in total. The van der Waals surface area contributed by atoms with Crippen LogP contribution in [0.1, 0.15) is 30.7 Å². The fourth-order valence-electron chi connectivity index (χ4n) is 4.24. The van der Waals surface area contributed by atoms with Crippen molar-refractivity contribution in [3.63, 3.8) is 0 Å². The Hall–Kier alpha value is -1.47. The Kier molecular flexibility index (Phi) is 4.55. The Balaban J connectivity index is 1.41. The van der Waals surface area contributed by atoms with Crippen molar-refractivity contribution >= 4 is 15.6 Å². The van der Waals surface area contributed by atoms with Crippen LogP contribution in [0.3, 0.4) is 0 Å². The molecule has 0 N–H and O–H groups in total. The maximum absolute atomic E-state index is 13.4. The van der Waals surface area contributed by atoms with E-state index in [0.717, 1.165) is 12.0 Å². The Morgan fingerprint density at radius 3 is 2.85 bits per heavy atom. The molecule has 7 heteroatoms. The van der Waals surface area contributed by atoms with E-state index in [-0.39, 0.29) is 29.2 Å². The third kappa shape index (κ3) is 3.39. The van der Waals surface area contributed by atoms with Gasteiger partial charge >= 0.3 is 0 Å². The first-order chi connectivity index (χ1) is 12.4. The minimum absolute atomic E-state index is 0.0505. The normalized spacial score (nSPS) is 36.8. The van der Waals surface area contributed by atoms with Crippen LogP contribution < -0.4 is 0 Å². The van der Waals surface area contributed by atoms with Crippen LogP contribution in [0.15, 0.2) is 28.6 Å². The number of carbonyl (C=O) groups excluding carboxylic acids is 1. The summed E-state index contributed by atoms with van der Waals surface area (Å²) in [5.74, 6) is 1.06. The molecular formula is C19H25FN2O3S. The zero-order valence-corrected chi connectivity index (χ0v) is 15.8. The Bertz CT molecular complexity index is 820. The molecule has 0 radical (unpaired) electrons. The van der Waals surface area contributed by atoms with Crippen LogP contribution in [-0.2, 0) is 19.3 Å². The summed E-state index contributed by atoms with van der Waals surface area (Å²) in [5, 5.41) is 0. The predicted octanol–water partition coefficient (Wildman–Crippen LogP) is 2.42. The number of morpholine rings is 1. The first kappa shape index (κ1) is 17.9. The Morgan fingerprint density at radius 1 is 1.38 bits per heavy atom. The standard InChI is InChI=1S/C19H25FN2O3S/c1-21-26(24)9-5-19(6-10-26)13-22(7-8-25-19)18(23)17-12-16(17)14-3-2-4-15(20)11-14/h2-4,11,16-17H,5-10,12-13H2,1H3/t16-,17+,19?,26?/m1/s1. The van der Waals surface area contributed by atoms with Gasteiger partial charge in [-0.2, -0.15) is 0 Å². The molecule has 2 saturated heterocycles. The highest BCUT2D eigenvalue weighted by Crippen LogP contribution is 2.49. The number of ether oxygens (including phenoxy) is 1. The van der Waals surface area contributed by atoms with Crippen molar-refractivity contribution < 1.29 is 18.1 Å². The van der Waals surface area contributed by atoms with Gasteiger partial charge in [-0.3, -0.25) is 4.79 Å². The summed E-state index contributed by atoms with van der Waals surface area (Å²) in [5.41, 5.74) is 0.538. The molecule has 1 saturated carbocycles. The molecule has 0 bridgehead atoms. The molecular weight excluding hydrogens is 355 g/mol. The minimum Gasteiger partial charge on any atom is -0.371 e. The summed E-state index contributed by atoms with van der Waals surface area (Å²) < 4.78 is 36.0. The zero-order chi connectivity index (χ0) is 18.4. The predicted molar refractivity (Wildman–Crippen MR) is 98.0 cm³/mol. The van der Waals surface area contributed by atoms with E-state index in [0.29, 0.717) is 44.0 Å². The van der Waals surface area contributed by atoms with E-state index < -0.39 is 9.73 Å². The number of amides is 1. The maximum Gasteiger partial charge on any atom is 0.226 e. The quantitative estimate of drug-likeness (QED) is 0.792. The van der Waals surface area contributed by atoms with Gasteiger partial charge < -0.3 is 9.64 Å². The largest absolute Gasteiger partial charge is 0.371 e. The zero-order valence-electron chi connectivity index (χ0n) is 15.0. The average molecular weight is 380 g/mol. The van der Waals surface area contributed by atoms with Crippen LogP contribution >= 0.6 is 0 Å². The van der Waals surface area contributed by atoms with Crippen LogP contribution in [0.4, 0.5) is 4.39 Å². The monoisotopic (exact) mass is 380 g/mol. The van der Waals surface area contributed by atoms with Gasteiger partial charge in [-0.1, -0.05) is 12.1 Å². The van der Waals surface area contributed by atoms with E-state index in [1.54, 1.807) is 13.1 Å². The molecule has 1 spiro atoms. The first-order valence-corrected chi connectivity index (χ1v) is 11.1. The van der Waals surface area contributed by atoms with E-state index in [9.17, 15) is 13.4 Å². The molecule has 2 atom stereocenters. The molecule has 3 fully saturated rings. The van der Waals surface area contributed by atoms with Gasteiger partial charge in [0.15, 0.2) is 0 Å². The number of benzene rings is 1. The molecule has 1 aromatic carbocycles. The summed E-state index contributed by atoms with van der Waals surface area (Å²) in [4.78, 5) is 14.8. The fourth-order valence-corrected chi connectivity index (χ4v) is 6.20. The van der Waals surface area contributed by atoms with Crippen molar-refractivity contribution in [2.24, 2.45) is 10.3 Å². The van der Waals surface area contributed by atoms with Gasteiger partial charge in [-0.05, 0) is 42.9 Å². The van der Waals surface area contributed by atoms with Crippen molar-refractivity contribution in [1.82, 2.24) is 4.90 Å². The molecule has 2 aliphatic heterocycles. The molecule has 26 heavy (non-hydrogen) atoms. The summed E-state index contributed by atoms with van der Waals surface area (Å²) in [6.45, 7) is 1.69. The Labute approximate surface area is 154 Å². The van der Waals surface area contributed by atoms with Gasteiger partial charge in [0.05, 0.1) is 12.2 Å². The lowest BCUT2D eigenvalue weighted by Crippen LogP contribution is -2.56. The highest BCUT2D eigenvalue weighted by Gasteiger charge is 2.49. The first-order valence-electron chi connectivity index (χ1n) is 9.22. The van der Waals surface area contributed by atoms with Gasteiger partial charge in [0, 0.05) is 47.3 Å². The molecule has 3 aliphatic rings. The minimum atomic E-state index is -2.09. The summed E-state index contributed by atoms with van der Waals surface area (Å²) in [7, 11) is -0.465. The van der Waals surface area contributed by atoms with E-state index in [1.165, 1.54) is 12.1 Å². The highest BCUT2D eigenvalue weighted by atomic mass is 32.2. The average Bonchev–Trinajstić information content (AvgIpc) is 3.45. The van der Waals surface area contributed by atoms with Crippen molar-refractivity contribution in [3.05, 3.63) is 35.6 Å². The number of hydrogen-bond donors (Lipinski definition) is 0. The van der Waals surface area contributed by atoms with Gasteiger partial charge in [0.25, 0.3) is 0 Å². The molecule has 2 heterocycles. The molecule has 1 aromatic rings. The van der Waals surface area contributed by atoms with Gasteiger partial charge in [0.2, 0.25) is 5.91 Å². The maximum atomic E-state index is 13.4. The Morgan fingerprint density at radius 2 is 2.15 bits per heavy atom. The summed E-state index contributed by atoms with van der Waals surface area (Å²) in [6.07, 6.45) is 2.16. The van der Waals surface area contributed by atoms with Crippen molar-refractivity contribution in [3.8, 4) is 0 Å². The van der Waals surface area contributed by atoms with E-state index >= 15 is 0 Å². The van der Waals surface area contributed by atoms with Crippen LogP contribution in [0.2, 0.25) is 0 Å². The lowest BCUT2D eigenvalue weighted by Gasteiger charge is -2.45. The molecule has 142 valence electrons. The third-order valence-electron chi connectivity index (χ3n) is 6.03. The molecule has 4 rings (SSSR count). The molecule has 1 aliphatic carbocycles. The van der Waals surface area contributed by atoms with Gasteiger partial charge in [-0.25, -0.2) is 13.0 Å². The smallest absolute Gasteiger partial charge is 0.226 e. The number of nitrogens with zero attached hydrogens (tertiary/aromatic N) is 2. The SMILES string of the molecule is CN=S1(=O)CCC2(CC1)CN(C(=O)[C@H]1C[C@@H]1c1cccc(F)c1)CCO2. The molecule has 1 amide bonds. The number of carbonyl (C=O) groups is 1. The third-order valence-corrected chi connectivity index (χ3v) is 8.38. The lowest BCUT2D eigenvalue weighted by atomic mass is 9.94. The second-order valence-corrected chi connectivity index (χ2v) is 10.4.